The molecule has 19 heavy (non-hydrogen) atoms. The summed E-state index contributed by atoms with van der Waals surface area (Å²) in [4.78, 5) is 17.1. The first-order valence-corrected chi connectivity index (χ1v) is 6.68. The van der Waals surface area contributed by atoms with Crippen LogP contribution >= 0.6 is 11.6 Å². The summed E-state index contributed by atoms with van der Waals surface area (Å²) in [7, 11) is 1.81. The highest BCUT2D eigenvalue weighted by Gasteiger charge is 2.20. The number of ether oxygens (including phenoxy) is 1. The third-order valence-electron chi connectivity index (χ3n) is 3.18. The molecular formula is C13H17ClN2O3. The van der Waals surface area contributed by atoms with E-state index in [0.29, 0.717) is 12.4 Å². The lowest BCUT2D eigenvalue weighted by atomic mass is 10.1. The molecule has 1 aliphatic rings. The summed E-state index contributed by atoms with van der Waals surface area (Å²) >= 11 is 5.85. The van der Waals surface area contributed by atoms with Crippen molar-refractivity contribution in [3.05, 3.63) is 22.8 Å². The zero-order valence-electron chi connectivity index (χ0n) is 10.8. The third kappa shape index (κ3) is 3.58. The average molecular weight is 285 g/mol. The minimum absolute atomic E-state index is 0.126. The lowest BCUT2D eigenvalue weighted by Gasteiger charge is -2.28. The highest BCUT2D eigenvalue weighted by molar-refractivity contribution is 6.29. The smallest absolute Gasteiger partial charge is 0.339 e. The van der Waals surface area contributed by atoms with Crippen molar-refractivity contribution in [2.75, 3.05) is 25.1 Å². The molecule has 0 saturated carbocycles. The van der Waals surface area contributed by atoms with E-state index in [-0.39, 0.29) is 16.8 Å². The van der Waals surface area contributed by atoms with E-state index in [4.69, 9.17) is 16.3 Å². The van der Waals surface area contributed by atoms with Gasteiger partial charge in [-0.05, 0) is 31.4 Å². The standard InChI is InChI=1S/C13H17ClN2O3/c1-16(8-9-4-2-3-7-19-9)12-10(13(17)18)5-6-11(14)15-12/h5-6,9H,2-4,7-8H2,1H3,(H,17,18). The number of carboxylic acid groups (broad SMARTS) is 1. The van der Waals surface area contributed by atoms with Crippen molar-refractivity contribution in [3.63, 3.8) is 0 Å². The number of nitrogens with zero attached hydrogens (tertiary/aromatic N) is 2. The molecule has 1 fully saturated rings. The van der Waals surface area contributed by atoms with Gasteiger partial charge in [-0.15, -0.1) is 0 Å². The van der Waals surface area contributed by atoms with Gasteiger partial charge in [-0.3, -0.25) is 0 Å². The fourth-order valence-electron chi connectivity index (χ4n) is 2.23. The first kappa shape index (κ1) is 14.1. The van der Waals surface area contributed by atoms with Crippen molar-refractivity contribution < 1.29 is 14.6 Å². The zero-order valence-corrected chi connectivity index (χ0v) is 11.6. The molecule has 1 atom stereocenters. The number of hydrogen-bond acceptors (Lipinski definition) is 4. The monoisotopic (exact) mass is 284 g/mol. The Labute approximate surface area is 117 Å². The number of anilines is 1. The van der Waals surface area contributed by atoms with E-state index in [9.17, 15) is 9.90 Å². The first-order chi connectivity index (χ1) is 9.08. The van der Waals surface area contributed by atoms with Crippen molar-refractivity contribution in [3.8, 4) is 0 Å². The van der Waals surface area contributed by atoms with E-state index in [1.807, 2.05) is 7.05 Å². The van der Waals surface area contributed by atoms with Crippen LogP contribution in [-0.4, -0.2) is 42.4 Å². The fraction of sp³-hybridized carbons (Fsp3) is 0.538. The van der Waals surface area contributed by atoms with Crippen molar-refractivity contribution >= 4 is 23.4 Å². The van der Waals surface area contributed by atoms with Crippen molar-refractivity contribution in [2.24, 2.45) is 0 Å². The summed E-state index contributed by atoms with van der Waals surface area (Å²) < 4.78 is 5.65. The average Bonchev–Trinajstić information content (AvgIpc) is 2.39. The molecule has 0 bridgehead atoms. The minimum atomic E-state index is -1.00. The topological polar surface area (TPSA) is 62.7 Å². The molecule has 2 heterocycles. The highest BCUT2D eigenvalue weighted by atomic mass is 35.5. The van der Waals surface area contributed by atoms with Crippen molar-refractivity contribution in [1.82, 2.24) is 4.98 Å². The largest absolute Gasteiger partial charge is 0.478 e. The van der Waals surface area contributed by atoms with Gasteiger partial charge in [0.05, 0.1) is 6.10 Å². The number of likely N-dealkylation sites (N-methyl/N-ethyl adjacent to an activating group) is 1. The first-order valence-electron chi connectivity index (χ1n) is 6.30. The fourth-order valence-corrected chi connectivity index (χ4v) is 2.37. The molecule has 1 saturated heterocycles. The number of pyridine rings is 1. The van der Waals surface area contributed by atoms with Gasteiger partial charge in [0.15, 0.2) is 0 Å². The molecule has 1 aromatic heterocycles. The molecule has 104 valence electrons. The highest BCUT2D eigenvalue weighted by Crippen LogP contribution is 2.22. The second-order valence-corrected chi connectivity index (χ2v) is 5.07. The van der Waals surface area contributed by atoms with Crippen LogP contribution in [0.5, 0.6) is 0 Å². The summed E-state index contributed by atoms with van der Waals surface area (Å²) in [5.74, 6) is -0.621. The molecule has 1 N–H and O–H groups in total. The minimum Gasteiger partial charge on any atom is -0.478 e. The summed E-state index contributed by atoms with van der Waals surface area (Å²) in [5.41, 5.74) is 0.155. The molecule has 0 aromatic carbocycles. The molecule has 5 nitrogen and oxygen atoms in total. The van der Waals surface area contributed by atoms with Gasteiger partial charge in [0, 0.05) is 20.2 Å². The molecule has 0 aliphatic carbocycles. The van der Waals surface area contributed by atoms with E-state index < -0.39 is 5.97 Å². The predicted molar refractivity (Wildman–Crippen MR) is 73.1 cm³/mol. The number of carboxylic acids is 1. The van der Waals surface area contributed by atoms with E-state index >= 15 is 0 Å². The molecular weight excluding hydrogens is 268 g/mol. The van der Waals surface area contributed by atoms with E-state index in [1.54, 1.807) is 4.90 Å². The molecule has 2 rings (SSSR count). The van der Waals surface area contributed by atoms with Crippen LogP contribution in [0.15, 0.2) is 12.1 Å². The van der Waals surface area contributed by atoms with Crippen LogP contribution in [0.25, 0.3) is 0 Å². The third-order valence-corrected chi connectivity index (χ3v) is 3.40. The SMILES string of the molecule is CN(CC1CCCCO1)c1nc(Cl)ccc1C(=O)O. The Morgan fingerprint density at radius 3 is 3.00 bits per heavy atom. The van der Waals surface area contributed by atoms with Crippen LogP contribution in [0, 0.1) is 0 Å². The van der Waals surface area contributed by atoms with Gasteiger partial charge in [-0.25, -0.2) is 9.78 Å². The van der Waals surface area contributed by atoms with E-state index in [2.05, 4.69) is 4.98 Å². The number of aromatic carboxylic acids is 1. The van der Waals surface area contributed by atoms with Gasteiger partial charge in [-0.1, -0.05) is 11.6 Å². The quantitative estimate of drug-likeness (QED) is 0.861. The van der Waals surface area contributed by atoms with Crippen LogP contribution in [0.2, 0.25) is 5.15 Å². The molecule has 1 aliphatic heterocycles. The lowest BCUT2D eigenvalue weighted by Crippen LogP contribution is -2.34. The second kappa shape index (κ2) is 6.21. The Morgan fingerprint density at radius 2 is 2.37 bits per heavy atom. The second-order valence-electron chi connectivity index (χ2n) is 4.68. The Bertz CT molecular complexity index is 461. The van der Waals surface area contributed by atoms with Crippen LogP contribution in [-0.2, 0) is 4.74 Å². The van der Waals surface area contributed by atoms with Gasteiger partial charge < -0.3 is 14.7 Å². The summed E-state index contributed by atoms with van der Waals surface area (Å²) in [6, 6.07) is 2.96. The van der Waals surface area contributed by atoms with Crippen LogP contribution in [0.4, 0.5) is 5.82 Å². The summed E-state index contributed by atoms with van der Waals surface area (Å²) in [6.45, 7) is 1.39. The molecule has 0 spiro atoms. The number of halogens is 1. The number of carbonyl (C=O) groups is 1. The van der Waals surface area contributed by atoms with Gasteiger partial charge in [-0.2, -0.15) is 0 Å². The number of aromatic nitrogens is 1. The predicted octanol–water partition coefficient (Wildman–Crippen LogP) is 2.44. The Kier molecular flexibility index (Phi) is 4.61. The maximum absolute atomic E-state index is 11.2. The summed E-state index contributed by atoms with van der Waals surface area (Å²) in [5, 5.41) is 9.46. The van der Waals surface area contributed by atoms with Crippen LogP contribution in [0.1, 0.15) is 29.6 Å². The number of hydrogen-bond donors (Lipinski definition) is 1. The molecule has 0 amide bonds. The van der Waals surface area contributed by atoms with Crippen molar-refractivity contribution in [1.29, 1.82) is 0 Å². The van der Waals surface area contributed by atoms with Crippen LogP contribution in [0.3, 0.4) is 0 Å². The maximum atomic E-state index is 11.2. The van der Waals surface area contributed by atoms with Gasteiger partial charge in [0.1, 0.15) is 16.5 Å². The molecule has 1 unspecified atom stereocenters. The van der Waals surface area contributed by atoms with Crippen molar-refractivity contribution in [2.45, 2.75) is 25.4 Å². The lowest BCUT2D eigenvalue weighted by molar-refractivity contribution is 0.0215. The zero-order chi connectivity index (χ0) is 13.8. The van der Waals surface area contributed by atoms with Crippen LogP contribution < -0.4 is 4.90 Å². The summed E-state index contributed by atoms with van der Waals surface area (Å²) in [6.07, 6.45) is 3.36. The number of rotatable bonds is 4. The Balaban J connectivity index is 2.14. The van der Waals surface area contributed by atoms with E-state index in [0.717, 1.165) is 25.9 Å². The van der Waals surface area contributed by atoms with E-state index in [1.165, 1.54) is 12.1 Å². The normalized spacial score (nSPS) is 19.2. The molecule has 0 radical (unpaired) electrons. The van der Waals surface area contributed by atoms with Gasteiger partial charge >= 0.3 is 5.97 Å². The maximum Gasteiger partial charge on any atom is 0.339 e. The Morgan fingerprint density at radius 1 is 1.58 bits per heavy atom. The van der Waals surface area contributed by atoms with Gasteiger partial charge in [0.2, 0.25) is 0 Å². The molecule has 6 heteroatoms. The Hall–Kier alpha value is -1.33. The van der Waals surface area contributed by atoms with Gasteiger partial charge in [0.25, 0.3) is 0 Å². The molecule has 1 aromatic rings.